The first-order valence-electron chi connectivity index (χ1n) is 6.15. The zero-order valence-electron chi connectivity index (χ0n) is 10.8. The van der Waals surface area contributed by atoms with Gasteiger partial charge in [-0.15, -0.1) is 0 Å². The predicted molar refractivity (Wildman–Crippen MR) is 82.6 cm³/mol. The summed E-state index contributed by atoms with van der Waals surface area (Å²) in [5, 5.41) is 2.91. The Labute approximate surface area is 125 Å². The first-order chi connectivity index (χ1) is 9.70. The predicted octanol–water partition coefficient (Wildman–Crippen LogP) is 3.66. The third kappa shape index (κ3) is 2.12. The van der Waals surface area contributed by atoms with Crippen LogP contribution in [0, 0.1) is 0 Å². The van der Waals surface area contributed by atoms with Crippen LogP contribution < -0.4 is 10.1 Å². The molecule has 0 aromatic heterocycles. The van der Waals surface area contributed by atoms with Crippen LogP contribution >= 0.6 is 15.9 Å². The molecule has 2 aromatic rings. The van der Waals surface area contributed by atoms with Crippen LogP contribution in [-0.2, 0) is 0 Å². The number of carbonyl (C=O) groups excluding carboxylic acids is 1. The molecular weight excluding hydrogens is 318 g/mol. The zero-order chi connectivity index (χ0) is 14.1. The van der Waals surface area contributed by atoms with E-state index in [1.807, 2.05) is 48.5 Å². The number of nitrogens with one attached hydrogen (secondary N) is 1. The van der Waals surface area contributed by atoms with Crippen molar-refractivity contribution < 1.29 is 9.53 Å². The number of fused-ring (bicyclic) bond motifs is 1. The summed E-state index contributed by atoms with van der Waals surface area (Å²) in [7, 11) is 1.63. The van der Waals surface area contributed by atoms with Gasteiger partial charge in [-0.25, -0.2) is 0 Å². The average Bonchev–Trinajstić information content (AvgIpc) is 2.84. The molecule has 1 heterocycles. The van der Waals surface area contributed by atoms with E-state index in [4.69, 9.17) is 4.74 Å². The van der Waals surface area contributed by atoms with Crippen LogP contribution in [0.2, 0.25) is 0 Å². The fourth-order valence-corrected chi connectivity index (χ4v) is 2.78. The second-order valence-corrected chi connectivity index (χ2v) is 5.21. The molecule has 2 aromatic carbocycles. The Morgan fingerprint density at radius 1 is 1.05 bits per heavy atom. The Kier molecular flexibility index (Phi) is 3.32. The van der Waals surface area contributed by atoms with Gasteiger partial charge in [0.25, 0.3) is 5.91 Å². The molecular formula is C16H12BrNO2. The van der Waals surface area contributed by atoms with Gasteiger partial charge in [0.1, 0.15) is 5.75 Å². The highest BCUT2D eigenvalue weighted by atomic mass is 79.9. The quantitative estimate of drug-likeness (QED) is 0.913. The number of halogens is 1. The Hall–Kier alpha value is -2.07. The van der Waals surface area contributed by atoms with Gasteiger partial charge in [-0.2, -0.15) is 0 Å². The number of hydrogen-bond acceptors (Lipinski definition) is 2. The van der Waals surface area contributed by atoms with Crippen LogP contribution in [0.25, 0.3) is 10.2 Å². The number of ether oxygens (including phenoxy) is 1. The first-order valence-corrected chi connectivity index (χ1v) is 6.95. The SMILES string of the molecule is COc1ccc(/C(Br)=C2\NC(=O)c3ccccc32)cc1. The van der Waals surface area contributed by atoms with Gasteiger partial charge >= 0.3 is 0 Å². The lowest BCUT2D eigenvalue weighted by atomic mass is 10.1. The lowest BCUT2D eigenvalue weighted by molar-refractivity contribution is 0.0981. The third-order valence-corrected chi connectivity index (χ3v) is 4.10. The molecule has 1 aliphatic heterocycles. The van der Waals surface area contributed by atoms with Crippen LogP contribution in [-0.4, -0.2) is 13.0 Å². The van der Waals surface area contributed by atoms with Gasteiger partial charge in [0.15, 0.2) is 0 Å². The highest BCUT2D eigenvalue weighted by molar-refractivity contribution is 9.15. The first kappa shape index (κ1) is 12.9. The van der Waals surface area contributed by atoms with Crippen LogP contribution in [0.5, 0.6) is 5.75 Å². The second-order valence-electron chi connectivity index (χ2n) is 4.42. The normalized spacial score (nSPS) is 15.6. The van der Waals surface area contributed by atoms with Gasteiger partial charge in [0.2, 0.25) is 0 Å². The van der Waals surface area contributed by atoms with Crippen molar-refractivity contribution in [2.45, 2.75) is 0 Å². The van der Waals surface area contributed by atoms with Gasteiger partial charge < -0.3 is 10.1 Å². The molecule has 0 spiro atoms. The largest absolute Gasteiger partial charge is 0.497 e. The Morgan fingerprint density at radius 2 is 1.70 bits per heavy atom. The summed E-state index contributed by atoms with van der Waals surface area (Å²) in [6, 6.07) is 15.2. The molecule has 1 N–H and O–H groups in total. The zero-order valence-corrected chi connectivity index (χ0v) is 12.4. The minimum Gasteiger partial charge on any atom is -0.497 e. The van der Waals surface area contributed by atoms with E-state index in [0.717, 1.165) is 27.1 Å². The standard InChI is InChI=1S/C16H12BrNO2/c1-20-11-8-6-10(7-9-11)14(17)15-12-4-2-3-5-13(12)16(19)18-15/h2-9H,1H3,(H,18,19)/b15-14+. The van der Waals surface area contributed by atoms with Crippen molar-refractivity contribution >= 4 is 32.0 Å². The van der Waals surface area contributed by atoms with E-state index in [-0.39, 0.29) is 5.91 Å². The molecule has 0 aliphatic carbocycles. The molecule has 0 radical (unpaired) electrons. The molecule has 4 heteroatoms. The minimum absolute atomic E-state index is 0.0685. The molecule has 1 amide bonds. The van der Waals surface area contributed by atoms with Gasteiger partial charge in [0.05, 0.1) is 12.8 Å². The van der Waals surface area contributed by atoms with Crippen molar-refractivity contribution in [2.24, 2.45) is 0 Å². The second kappa shape index (κ2) is 5.13. The maximum absolute atomic E-state index is 11.9. The number of methoxy groups -OCH3 is 1. The molecule has 0 fully saturated rings. The minimum atomic E-state index is -0.0685. The number of benzene rings is 2. The molecule has 3 nitrogen and oxygen atoms in total. The van der Waals surface area contributed by atoms with E-state index >= 15 is 0 Å². The van der Waals surface area contributed by atoms with Crippen molar-refractivity contribution in [3.63, 3.8) is 0 Å². The summed E-state index contributed by atoms with van der Waals surface area (Å²) in [4.78, 5) is 11.9. The van der Waals surface area contributed by atoms with Gasteiger partial charge in [0, 0.05) is 15.6 Å². The molecule has 0 saturated carbocycles. The molecule has 100 valence electrons. The average molecular weight is 330 g/mol. The van der Waals surface area contributed by atoms with Gasteiger partial charge in [-0.3, -0.25) is 4.79 Å². The Morgan fingerprint density at radius 3 is 2.35 bits per heavy atom. The lowest BCUT2D eigenvalue weighted by Gasteiger charge is -2.07. The number of rotatable bonds is 2. The highest BCUT2D eigenvalue weighted by Crippen LogP contribution is 2.35. The Balaban J connectivity index is 2.08. The van der Waals surface area contributed by atoms with Crippen LogP contribution in [0.4, 0.5) is 0 Å². The fraction of sp³-hybridized carbons (Fsp3) is 0.0625. The Bertz CT molecular complexity index is 705. The fourth-order valence-electron chi connectivity index (χ4n) is 2.20. The molecule has 1 aliphatic rings. The van der Waals surface area contributed by atoms with Crippen molar-refractivity contribution in [1.29, 1.82) is 0 Å². The smallest absolute Gasteiger partial charge is 0.256 e. The van der Waals surface area contributed by atoms with E-state index in [9.17, 15) is 4.79 Å². The van der Waals surface area contributed by atoms with E-state index in [2.05, 4.69) is 21.2 Å². The number of carbonyl (C=O) groups is 1. The third-order valence-electron chi connectivity index (χ3n) is 3.24. The van der Waals surface area contributed by atoms with Crippen LogP contribution in [0.15, 0.2) is 48.5 Å². The maximum atomic E-state index is 11.9. The molecule has 0 atom stereocenters. The molecule has 0 unspecified atom stereocenters. The summed E-state index contributed by atoms with van der Waals surface area (Å²) >= 11 is 3.58. The van der Waals surface area contributed by atoms with Gasteiger partial charge in [-0.1, -0.05) is 30.3 Å². The van der Waals surface area contributed by atoms with E-state index < -0.39 is 0 Å². The van der Waals surface area contributed by atoms with Crippen molar-refractivity contribution in [1.82, 2.24) is 5.32 Å². The van der Waals surface area contributed by atoms with E-state index in [0.29, 0.717) is 5.56 Å². The van der Waals surface area contributed by atoms with Crippen molar-refractivity contribution in [2.75, 3.05) is 7.11 Å². The van der Waals surface area contributed by atoms with E-state index in [1.165, 1.54) is 0 Å². The highest BCUT2D eigenvalue weighted by Gasteiger charge is 2.25. The molecule has 0 bridgehead atoms. The maximum Gasteiger partial charge on any atom is 0.256 e. The summed E-state index contributed by atoms with van der Waals surface area (Å²) < 4.78 is 6.01. The number of amides is 1. The van der Waals surface area contributed by atoms with Gasteiger partial charge in [-0.05, 0) is 39.7 Å². The van der Waals surface area contributed by atoms with Crippen molar-refractivity contribution in [3.8, 4) is 5.75 Å². The van der Waals surface area contributed by atoms with Crippen LogP contribution in [0.1, 0.15) is 21.5 Å². The topological polar surface area (TPSA) is 38.3 Å². The summed E-state index contributed by atoms with van der Waals surface area (Å²) in [5.74, 6) is 0.732. The van der Waals surface area contributed by atoms with Crippen LogP contribution in [0.3, 0.4) is 0 Å². The molecule has 3 rings (SSSR count). The van der Waals surface area contributed by atoms with Crippen molar-refractivity contribution in [3.05, 3.63) is 65.2 Å². The van der Waals surface area contributed by atoms with E-state index in [1.54, 1.807) is 7.11 Å². The summed E-state index contributed by atoms with van der Waals surface area (Å²) in [5.41, 5.74) is 3.40. The number of hydrogen-bond donors (Lipinski definition) is 1. The lowest BCUT2D eigenvalue weighted by Crippen LogP contribution is -2.12. The summed E-state index contributed by atoms with van der Waals surface area (Å²) in [6.45, 7) is 0. The molecule has 0 saturated heterocycles. The summed E-state index contributed by atoms with van der Waals surface area (Å²) in [6.07, 6.45) is 0. The monoisotopic (exact) mass is 329 g/mol. The molecule has 20 heavy (non-hydrogen) atoms.